The van der Waals surface area contributed by atoms with E-state index in [-0.39, 0.29) is 0 Å². The van der Waals surface area contributed by atoms with Crippen molar-refractivity contribution in [3.63, 3.8) is 0 Å². The van der Waals surface area contributed by atoms with Crippen LogP contribution in [0.5, 0.6) is 0 Å². The quantitative estimate of drug-likeness (QED) is 0.815. The van der Waals surface area contributed by atoms with Crippen LogP contribution in [-0.4, -0.2) is 43.3 Å². The van der Waals surface area contributed by atoms with Crippen molar-refractivity contribution in [3.05, 3.63) is 34.3 Å². The number of benzene rings is 1. The number of hydrogen-bond acceptors (Lipinski definition) is 3. The van der Waals surface area contributed by atoms with Crippen molar-refractivity contribution in [2.75, 3.05) is 20.1 Å². The van der Waals surface area contributed by atoms with E-state index in [1.54, 1.807) is 0 Å². The first kappa shape index (κ1) is 15.5. The van der Waals surface area contributed by atoms with Crippen LogP contribution in [0.3, 0.4) is 0 Å². The van der Waals surface area contributed by atoms with Crippen molar-refractivity contribution < 1.29 is 4.74 Å². The first-order valence-corrected chi connectivity index (χ1v) is 8.80. The van der Waals surface area contributed by atoms with Crippen LogP contribution in [0.25, 0.3) is 0 Å². The Kier molecular flexibility index (Phi) is 5.33. The summed E-state index contributed by atoms with van der Waals surface area (Å²) >= 11 is 3.48. The highest BCUT2D eigenvalue weighted by Gasteiger charge is 2.28. The molecule has 2 unspecified atom stereocenters. The van der Waals surface area contributed by atoms with Gasteiger partial charge in [-0.2, -0.15) is 0 Å². The molecule has 0 radical (unpaired) electrons. The Morgan fingerprint density at radius 2 is 1.86 bits per heavy atom. The van der Waals surface area contributed by atoms with Crippen LogP contribution in [0, 0.1) is 0 Å². The third-order valence-corrected chi connectivity index (χ3v) is 4.82. The molecular formula is C17H25BrN2O. The molecule has 0 spiro atoms. The zero-order valence-corrected chi connectivity index (χ0v) is 14.3. The maximum atomic E-state index is 6.16. The van der Waals surface area contributed by atoms with Crippen LogP contribution in [0.2, 0.25) is 0 Å². The predicted molar refractivity (Wildman–Crippen MR) is 89.4 cm³/mol. The topological polar surface area (TPSA) is 24.5 Å². The highest BCUT2D eigenvalue weighted by molar-refractivity contribution is 9.10. The first-order valence-electron chi connectivity index (χ1n) is 8.01. The molecule has 0 aromatic heterocycles. The molecular weight excluding hydrogens is 328 g/mol. The Balaban J connectivity index is 1.38. The van der Waals surface area contributed by atoms with Crippen LogP contribution in [0.4, 0.5) is 0 Å². The molecule has 1 aliphatic carbocycles. The maximum absolute atomic E-state index is 6.16. The van der Waals surface area contributed by atoms with Crippen LogP contribution < -0.4 is 5.32 Å². The summed E-state index contributed by atoms with van der Waals surface area (Å²) < 4.78 is 7.29. The summed E-state index contributed by atoms with van der Waals surface area (Å²) in [6, 6.07) is 9.35. The Hall–Kier alpha value is -0.420. The Bertz CT molecular complexity index is 447. The fourth-order valence-electron chi connectivity index (χ4n) is 2.96. The van der Waals surface area contributed by atoms with E-state index in [0.29, 0.717) is 12.2 Å². The summed E-state index contributed by atoms with van der Waals surface area (Å²) in [5.74, 6) is 0. The summed E-state index contributed by atoms with van der Waals surface area (Å²) in [5, 5.41) is 3.57. The molecule has 0 bridgehead atoms. The van der Waals surface area contributed by atoms with E-state index in [4.69, 9.17) is 4.74 Å². The molecule has 0 amide bonds. The average Bonchev–Trinajstić information content (AvgIpc) is 3.19. The molecule has 1 aromatic carbocycles. The summed E-state index contributed by atoms with van der Waals surface area (Å²) in [7, 11) is 2.18. The van der Waals surface area contributed by atoms with E-state index in [1.165, 1.54) is 31.2 Å². The predicted octanol–water partition coefficient (Wildman–Crippen LogP) is 3.18. The standard InChI is InChI=1S/C17H25BrN2O/c1-20(11-13-2-4-14(18)5-3-13)12-17-9-8-16(21-17)10-19-15-6-7-15/h2-5,15-17,19H,6-12H2,1H3. The van der Waals surface area contributed by atoms with Crippen molar-refractivity contribution in [2.24, 2.45) is 0 Å². The van der Waals surface area contributed by atoms with E-state index in [2.05, 4.69) is 57.5 Å². The van der Waals surface area contributed by atoms with Crippen molar-refractivity contribution in [3.8, 4) is 0 Å². The molecule has 1 heterocycles. The van der Waals surface area contributed by atoms with E-state index in [1.807, 2.05) is 0 Å². The van der Waals surface area contributed by atoms with Gasteiger partial charge in [-0.15, -0.1) is 0 Å². The molecule has 2 atom stereocenters. The molecule has 2 fully saturated rings. The second-order valence-corrected chi connectivity index (χ2v) is 7.38. The summed E-state index contributed by atoms with van der Waals surface area (Å²) in [5.41, 5.74) is 1.35. The SMILES string of the molecule is CN(Cc1ccc(Br)cc1)CC1CCC(CNC2CC2)O1. The largest absolute Gasteiger partial charge is 0.372 e. The molecule has 1 aliphatic heterocycles. The molecule has 1 N–H and O–H groups in total. The second kappa shape index (κ2) is 7.23. The smallest absolute Gasteiger partial charge is 0.0707 e. The van der Waals surface area contributed by atoms with Gasteiger partial charge in [0.1, 0.15) is 0 Å². The van der Waals surface area contributed by atoms with Gasteiger partial charge in [0.25, 0.3) is 0 Å². The van der Waals surface area contributed by atoms with Gasteiger partial charge < -0.3 is 10.1 Å². The number of ether oxygens (including phenoxy) is 1. The molecule has 3 nitrogen and oxygen atoms in total. The Morgan fingerprint density at radius 1 is 1.14 bits per heavy atom. The molecule has 3 rings (SSSR count). The number of nitrogens with one attached hydrogen (secondary N) is 1. The van der Waals surface area contributed by atoms with Crippen molar-refractivity contribution in [2.45, 2.75) is 50.5 Å². The summed E-state index contributed by atoms with van der Waals surface area (Å²) in [6.45, 7) is 3.05. The zero-order chi connectivity index (χ0) is 14.7. The van der Waals surface area contributed by atoms with E-state index < -0.39 is 0 Å². The Labute approximate surface area is 136 Å². The number of hydrogen-bond donors (Lipinski definition) is 1. The molecule has 21 heavy (non-hydrogen) atoms. The number of likely N-dealkylation sites (N-methyl/N-ethyl adjacent to an activating group) is 1. The van der Waals surface area contributed by atoms with Crippen LogP contribution in [0.1, 0.15) is 31.2 Å². The van der Waals surface area contributed by atoms with Gasteiger partial charge in [-0.1, -0.05) is 28.1 Å². The minimum Gasteiger partial charge on any atom is -0.372 e. The third kappa shape index (κ3) is 5.06. The molecule has 116 valence electrons. The van der Waals surface area contributed by atoms with Crippen LogP contribution in [-0.2, 0) is 11.3 Å². The van der Waals surface area contributed by atoms with Crippen LogP contribution >= 0.6 is 15.9 Å². The average molecular weight is 353 g/mol. The number of rotatable bonds is 7. The lowest BCUT2D eigenvalue weighted by Crippen LogP contribution is -2.32. The minimum atomic E-state index is 0.399. The van der Waals surface area contributed by atoms with Gasteiger partial charge in [0.05, 0.1) is 12.2 Å². The fraction of sp³-hybridized carbons (Fsp3) is 0.647. The van der Waals surface area contributed by atoms with Gasteiger partial charge in [-0.05, 0) is 50.4 Å². The van der Waals surface area contributed by atoms with Crippen LogP contribution in [0.15, 0.2) is 28.7 Å². The number of halogens is 1. The number of nitrogens with zero attached hydrogens (tertiary/aromatic N) is 1. The van der Waals surface area contributed by atoms with Gasteiger partial charge in [0, 0.05) is 30.1 Å². The monoisotopic (exact) mass is 352 g/mol. The molecule has 1 saturated heterocycles. The Morgan fingerprint density at radius 3 is 2.57 bits per heavy atom. The normalized spacial score (nSPS) is 25.7. The van der Waals surface area contributed by atoms with Crippen molar-refractivity contribution in [1.29, 1.82) is 0 Å². The van der Waals surface area contributed by atoms with E-state index >= 15 is 0 Å². The minimum absolute atomic E-state index is 0.399. The molecule has 1 saturated carbocycles. The molecule has 1 aromatic rings. The van der Waals surface area contributed by atoms with Crippen molar-refractivity contribution >= 4 is 15.9 Å². The third-order valence-electron chi connectivity index (χ3n) is 4.29. The van der Waals surface area contributed by atoms with E-state index in [0.717, 1.165) is 30.1 Å². The molecule has 2 aliphatic rings. The van der Waals surface area contributed by atoms with Gasteiger partial charge in [0.15, 0.2) is 0 Å². The van der Waals surface area contributed by atoms with Gasteiger partial charge in [-0.25, -0.2) is 0 Å². The lowest BCUT2D eigenvalue weighted by molar-refractivity contribution is 0.0266. The second-order valence-electron chi connectivity index (χ2n) is 6.46. The van der Waals surface area contributed by atoms with Gasteiger partial charge in [0.2, 0.25) is 0 Å². The van der Waals surface area contributed by atoms with Crippen molar-refractivity contribution in [1.82, 2.24) is 10.2 Å². The lowest BCUT2D eigenvalue weighted by atomic mass is 10.1. The zero-order valence-electron chi connectivity index (χ0n) is 12.7. The maximum Gasteiger partial charge on any atom is 0.0707 e. The van der Waals surface area contributed by atoms with E-state index in [9.17, 15) is 0 Å². The molecule has 4 heteroatoms. The highest BCUT2D eigenvalue weighted by atomic mass is 79.9. The summed E-state index contributed by atoms with van der Waals surface area (Å²) in [6.07, 6.45) is 5.93. The fourth-order valence-corrected chi connectivity index (χ4v) is 3.23. The van der Waals surface area contributed by atoms with Gasteiger partial charge in [-0.3, -0.25) is 4.90 Å². The first-order chi connectivity index (χ1) is 10.2. The lowest BCUT2D eigenvalue weighted by Gasteiger charge is -2.21. The van der Waals surface area contributed by atoms with Gasteiger partial charge >= 0.3 is 0 Å². The summed E-state index contributed by atoms with van der Waals surface area (Å²) in [4.78, 5) is 2.37. The highest BCUT2D eigenvalue weighted by Crippen LogP contribution is 2.23.